The standard InChI is InChI=1S/C24H26Cl2N6O7S/c1-30(12-15-5-7-16(8-6-15)23-28-9-10-32(23)24(36)37)21(35)11-29-20(34)14-31(13-19(27)33)40(38,39)18-4-2-3-17(25)22(18)26/h2-8H,9-14H2,1H3,(H2,27,33)(H,29,34)(H,36,37). The number of primary amides is 1. The van der Waals surface area contributed by atoms with Gasteiger partial charge in [-0.2, -0.15) is 4.31 Å². The average molecular weight is 613 g/mol. The van der Waals surface area contributed by atoms with E-state index in [9.17, 15) is 32.7 Å². The summed E-state index contributed by atoms with van der Waals surface area (Å²) in [5.74, 6) is -1.98. The average Bonchev–Trinajstić information content (AvgIpc) is 3.39. The molecule has 16 heteroatoms. The van der Waals surface area contributed by atoms with Crippen LogP contribution in [0.25, 0.3) is 0 Å². The van der Waals surface area contributed by atoms with Crippen LogP contribution < -0.4 is 11.1 Å². The van der Waals surface area contributed by atoms with Gasteiger partial charge < -0.3 is 21.1 Å². The molecule has 2 aromatic carbocycles. The Morgan fingerprint density at radius 3 is 2.40 bits per heavy atom. The number of amidine groups is 1. The minimum Gasteiger partial charge on any atom is -0.465 e. The number of nitrogens with one attached hydrogen (secondary N) is 1. The Hall–Kier alpha value is -3.72. The quantitative estimate of drug-likeness (QED) is 0.338. The molecular weight excluding hydrogens is 587 g/mol. The summed E-state index contributed by atoms with van der Waals surface area (Å²) in [6, 6.07) is 10.8. The molecule has 0 aromatic heterocycles. The first-order valence-corrected chi connectivity index (χ1v) is 13.9. The van der Waals surface area contributed by atoms with Crippen LogP contribution in [0.1, 0.15) is 11.1 Å². The number of hydrogen-bond acceptors (Lipinski definition) is 7. The lowest BCUT2D eigenvalue weighted by molar-refractivity contribution is -0.132. The Balaban J connectivity index is 1.59. The lowest BCUT2D eigenvalue weighted by Crippen LogP contribution is -2.46. The Labute approximate surface area is 240 Å². The fourth-order valence-corrected chi connectivity index (χ4v) is 5.85. The summed E-state index contributed by atoms with van der Waals surface area (Å²) in [5, 5.41) is 11.3. The van der Waals surface area contributed by atoms with Crippen molar-refractivity contribution < 1.29 is 32.7 Å². The van der Waals surface area contributed by atoms with E-state index >= 15 is 0 Å². The Kier molecular flexibility index (Phi) is 10.1. The highest BCUT2D eigenvalue weighted by atomic mass is 35.5. The lowest BCUT2D eigenvalue weighted by atomic mass is 10.1. The number of rotatable bonds is 11. The van der Waals surface area contributed by atoms with Gasteiger partial charge in [-0.3, -0.25) is 24.3 Å². The molecule has 0 fully saturated rings. The number of hydrogen-bond donors (Lipinski definition) is 3. The summed E-state index contributed by atoms with van der Waals surface area (Å²) >= 11 is 11.9. The van der Waals surface area contributed by atoms with Crippen LogP contribution in [-0.2, 0) is 31.0 Å². The first-order chi connectivity index (χ1) is 18.8. The second-order valence-electron chi connectivity index (χ2n) is 8.65. The Bertz CT molecular complexity index is 1450. The number of carboxylic acid groups (broad SMARTS) is 1. The van der Waals surface area contributed by atoms with Gasteiger partial charge in [0.05, 0.1) is 42.8 Å². The van der Waals surface area contributed by atoms with Gasteiger partial charge in [0, 0.05) is 19.2 Å². The highest BCUT2D eigenvalue weighted by Crippen LogP contribution is 2.30. The molecule has 40 heavy (non-hydrogen) atoms. The van der Waals surface area contributed by atoms with E-state index in [4.69, 9.17) is 28.9 Å². The molecule has 1 heterocycles. The number of nitrogens with zero attached hydrogens (tertiary/aromatic N) is 4. The van der Waals surface area contributed by atoms with E-state index in [0.717, 1.165) is 10.5 Å². The third-order valence-electron chi connectivity index (χ3n) is 5.75. The van der Waals surface area contributed by atoms with E-state index in [1.807, 2.05) is 0 Å². The van der Waals surface area contributed by atoms with Crippen molar-refractivity contribution in [2.75, 3.05) is 39.8 Å². The van der Waals surface area contributed by atoms with Crippen LogP contribution in [-0.4, -0.2) is 97.1 Å². The van der Waals surface area contributed by atoms with Crippen LogP contribution in [0.3, 0.4) is 0 Å². The Morgan fingerprint density at radius 2 is 1.77 bits per heavy atom. The van der Waals surface area contributed by atoms with E-state index in [2.05, 4.69) is 10.3 Å². The number of carbonyl (C=O) groups is 4. The molecule has 0 radical (unpaired) electrons. The molecule has 0 spiro atoms. The molecule has 214 valence electrons. The van der Waals surface area contributed by atoms with Crippen molar-refractivity contribution in [1.82, 2.24) is 19.4 Å². The van der Waals surface area contributed by atoms with Crippen LogP contribution in [0.4, 0.5) is 4.79 Å². The van der Waals surface area contributed by atoms with Crippen LogP contribution >= 0.6 is 23.2 Å². The van der Waals surface area contributed by atoms with Gasteiger partial charge in [0.2, 0.25) is 27.7 Å². The fourth-order valence-electron chi connectivity index (χ4n) is 3.75. The summed E-state index contributed by atoms with van der Waals surface area (Å²) in [7, 11) is -2.93. The van der Waals surface area contributed by atoms with Gasteiger partial charge in [-0.05, 0) is 17.7 Å². The van der Waals surface area contributed by atoms with Crippen molar-refractivity contribution in [2.24, 2.45) is 10.7 Å². The number of halogens is 2. The molecule has 0 saturated heterocycles. The molecule has 13 nitrogen and oxygen atoms in total. The largest absolute Gasteiger partial charge is 0.465 e. The highest BCUT2D eigenvalue weighted by Gasteiger charge is 2.31. The maximum Gasteiger partial charge on any atom is 0.413 e. The van der Waals surface area contributed by atoms with Gasteiger partial charge in [0.1, 0.15) is 10.7 Å². The molecule has 3 rings (SSSR count). The van der Waals surface area contributed by atoms with E-state index in [1.165, 1.54) is 30.1 Å². The van der Waals surface area contributed by atoms with Crippen molar-refractivity contribution in [3.8, 4) is 0 Å². The molecule has 1 aliphatic rings. The number of sulfonamides is 1. The second-order valence-corrected chi connectivity index (χ2v) is 11.3. The number of carbonyl (C=O) groups excluding carboxylic acids is 3. The zero-order chi connectivity index (χ0) is 29.6. The van der Waals surface area contributed by atoms with Gasteiger partial charge in [-0.15, -0.1) is 0 Å². The molecule has 0 atom stereocenters. The monoisotopic (exact) mass is 612 g/mol. The van der Waals surface area contributed by atoms with Crippen molar-refractivity contribution >= 4 is 62.9 Å². The number of amides is 4. The smallest absolute Gasteiger partial charge is 0.413 e. The zero-order valence-corrected chi connectivity index (χ0v) is 23.5. The van der Waals surface area contributed by atoms with Gasteiger partial charge in [0.15, 0.2) is 0 Å². The number of nitrogens with two attached hydrogens (primary N) is 1. The predicted molar refractivity (Wildman–Crippen MR) is 146 cm³/mol. The molecule has 0 aliphatic carbocycles. The predicted octanol–water partition coefficient (Wildman–Crippen LogP) is 0.984. The van der Waals surface area contributed by atoms with Crippen molar-refractivity contribution in [2.45, 2.75) is 11.4 Å². The SMILES string of the molecule is CN(Cc1ccc(C2=NCCN2C(=O)O)cc1)C(=O)CNC(=O)CN(CC(N)=O)S(=O)(=O)c1cccc(Cl)c1Cl. The number of aliphatic imine (C=N–C) groups is 1. The molecule has 4 N–H and O–H groups in total. The van der Waals surface area contributed by atoms with E-state index < -0.39 is 58.4 Å². The minimum atomic E-state index is -4.44. The summed E-state index contributed by atoms with van der Waals surface area (Å²) in [4.78, 5) is 54.3. The van der Waals surface area contributed by atoms with Crippen molar-refractivity contribution in [1.29, 1.82) is 0 Å². The molecular formula is C24H26Cl2N6O7S. The maximum absolute atomic E-state index is 13.1. The normalized spacial score (nSPS) is 13.2. The molecule has 1 aliphatic heterocycles. The van der Waals surface area contributed by atoms with E-state index in [-0.39, 0.29) is 23.1 Å². The van der Waals surface area contributed by atoms with Crippen LogP contribution in [0.15, 0.2) is 52.4 Å². The molecule has 0 bridgehead atoms. The molecule has 4 amide bonds. The Morgan fingerprint density at radius 1 is 1.10 bits per heavy atom. The van der Waals surface area contributed by atoms with E-state index in [0.29, 0.717) is 22.2 Å². The van der Waals surface area contributed by atoms with Crippen molar-refractivity contribution in [3.05, 3.63) is 63.6 Å². The second kappa shape index (κ2) is 13.1. The van der Waals surface area contributed by atoms with Crippen LogP contribution in [0.5, 0.6) is 0 Å². The number of benzene rings is 2. The summed E-state index contributed by atoms with van der Waals surface area (Å²) in [6.45, 7) is -1.20. The lowest BCUT2D eigenvalue weighted by Gasteiger charge is -2.22. The van der Waals surface area contributed by atoms with Gasteiger partial charge in [0.25, 0.3) is 0 Å². The zero-order valence-electron chi connectivity index (χ0n) is 21.2. The summed E-state index contributed by atoms with van der Waals surface area (Å²) < 4.78 is 26.7. The van der Waals surface area contributed by atoms with E-state index in [1.54, 1.807) is 24.3 Å². The van der Waals surface area contributed by atoms with Gasteiger partial charge in [-0.1, -0.05) is 53.5 Å². The van der Waals surface area contributed by atoms with Crippen LogP contribution in [0, 0.1) is 0 Å². The summed E-state index contributed by atoms with van der Waals surface area (Å²) in [6.07, 6.45) is -1.09. The number of likely N-dealkylation sites (N-methyl/N-ethyl adjacent to an activating group) is 1. The van der Waals surface area contributed by atoms with Gasteiger partial charge in [-0.25, -0.2) is 13.2 Å². The summed E-state index contributed by atoms with van der Waals surface area (Å²) in [5.41, 5.74) is 6.54. The maximum atomic E-state index is 13.1. The van der Waals surface area contributed by atoms with Gasteiger partial charge >= 0.3 is 6.09 Å². The topological polar surface area (TPSA) is 183 Å². The molecule has 0 saturated carbocycles. The first-order valence-electron chi connectivity index (χ1n) is 11.7. The molecule has 2 aromatic rings. The van der Waals surface area contributed by atoms with Crippen molar-refractivity contribution in [3.63, 3.8) is 0 Å². The fraction of sp³-hybridized carbons (Fsp3) is 0.292. The highest BCUT2D eigenvalue weighted by molar-refractivity contribution is 7.89. The van der Waals surface area contributed by atoms with Crippen LogP contribution in [0.2, 0.25) is 10.0 Å². The third kappa shape index (κ3) is 7.47. The first kappa shape index (κ1) is 30.8. The third-order valence-corrected chi connectivity index (χ3v) is 8.52. The minimum absolute atomic E-state index is 0.0379. The molecule has 0 unspecified atom stereocenters.